The zero-order chi connectivity index (χ0) is 15.2. The number of urea groups is 1. The molecule has 1 aliphatic heterocycles. The first-order valence-corrected chi connectivity index (χ1v) is 8.01. The Kier molecular flexibility index (Phi) is 5.85. The van der Waals surface area contributed by atoms with Crippen molar-refractivity contribution in [2.75, 3.05) is 19.8 Å². The number of aliphatic carboxylic acids is 1. The van der Waals surface area contributed by atoms with Crippen LogP contribution in [0.5, 0.6) is 0 Å². The highest BCUT2D eigenvalue weighted by molar-refractivity contribution is 5.77. The van der Waals surface area contributed by atoms with Gasteiger partial charge in [0.1, 0.15) is 5.92 Å². The van der Waals surface area contributed by atoms with Gasteiger partial charge >= 0.3 is 12.0 Å². The van der Waals surface area contributed by atoms with E-state index in [0.717, 1.165) is 32.1 Å². The van der Waals surface area contributed by atoms with Crippen molar-refractivity contribution in [1.82, 2.24) is 10.2 Å². The molecule has 2 amide bonds. The lowest BCUT2D eigenvalue weighted by molar-refractivity contribution is -0.142. The van der Waals surface area contributed by atoms with Gasteiger partial charge in [-0.3, -0.25) is 4.79 Å². The van der Waals surface area contributed by atoms with Crippen LogP contribution in [-0.4, -0.2) is 53.8 Å². The van der Waals surface area contributed by atoms with Gasteiger partial charge < -0.3 is 20.1 Å². The average molecular weight is 298 g/mol. The van der Waals surface area contributed by atoms with Crippen molar-refractivity contribution in [3.8, 4) is 0 Å². The van der Waals surface area contributed by atoms with Gasteiger partial charge in [-0.25, -0.2) is 4.79 Å². The summed E-state index contributed by atoms with van der Waals surface area (Å²) in [5.41, 5.74) is 0. The zero-order valence-corrected chi connectivity index (χ0v) is 12.7. The standard InChI is InChI=1S/C15H26N2O4/c1-2-8-17(13-10-21-9-12(13)14(18)19)15(20)16-11-6-4-3-5-7-11/h11-13H,2-10H2,1H3,(H,16,20)(H,18,19). The molecule has 2 atom stereocenters. The molecule has 0 radical (unpaired) electrons. The van der Waals surface area contributed by atoms with E-state index in [1.807, 2.05) is 6.92 Å². The number of carbonyl (C=O) groups excluding carboxylic acids is 1. The van der Waals surface area contributed by atoms with Crippen molar-refractivity contribution in [2.45, 2.75) is 57.5 Å². The molecule has 0 aromatic carbocycles. The smallest absolute Gasteiger partial charge is 0.317 e. The van der Waals surface area contributed by atoms with Crippen LogP contribution < -0.4 is 5.32 Å². The summed E-state index contributed by atoms with van der Waals surface area (Å²) in [6.07, 6.45) is 6.40. The van der Waals surface area contributed by atoms with Gasteiger partial charge in [-0.05, 0) is 19.3 Å². The molecule has 6 heteroatoms. The summed E-state index contributed by atoms with van der Waals surface area (Å²) < 4.78 is 5.30. The molecule has 1 saturated heterocycles. The summed E-state index contributed by atoms with van der Waals surface area (Å²) in [4.78, 5) is 25.5. The van der Waals surface area contributed by atoms with Crippen molar-refractivity contribution in [2.24, 2.45) is 5.92 Å². The fourth-order valence-electron chi connectivity index (χ4n) is 3.25. The Hall–Kier alpha value is -1.30. The average Bonchev–Trinajstić information content (AvgIpc) is 2.95. The Morgan fingerprint density at radius 1 is 1.24 bits per heavy atom. The summed E-state index contributed by atoms with van der Waals surface area (Å²) in [5, 5.41) is 12.3. The van der Waals surface area contributed by atoms with Gasteiger partial charge in [0.15, 0.2) is 0 Å². The SMILES string of the molecule is CCCN(C(=O)NC1CCCCC1)C1COCC1C(=O)O. The predicted octanol–water partition coefficient (Wildman–Crippen LogP) is 1.84. The molecule has 2 aliphatic rings. The third-order valence-electron chi connectivity index (χ3n) is 4.43. The molecule has 0 spiro atoms. The zero-order valence-electron chi connectivity index (χ0n) is 12.7. The van der Waals surface area contributed by atoms with Crippen LogP contribution in [0.2, 0.25) is 0 Å². The molecule has 2 unspecified atom stereocenters. The fourth-order valence-corrected chi connectivity index (χ4v) is 3.25. The quantitative estimate of drug-likeness (QED) is 0.811. The highest BCUT2D eigenvalue weighted by Crippen LogP contribution is 2.22. The number of rotatable bonds is 5. The number of carbonyl (C=O) groups is 2. The number of nitrogens with one attached hydrogen (secondary N) is 1. The van der Waals surface area contributed by atoms with Crippen LogP contribution in [0.4, 0.5) is 4.79 Å². The topological polar surface area (TPSA) is 78.9 Å². The van der Waals surface area contributed by atoms with Crippen molar-refractivity contribution in [1.29, 1.82) is 0 Å². The van der Waals surface area contributed by atoms with E-state index in [9.17, 15) is 14.7 Å². The Labute approximate surface area is 125 Å². The Balaban J connectivity index is 1.99. The predicted molar refractivity (Wildman–Crippen MR) is 78.1 cm³/mol. The molecule has 0 aromatic heterocycles. The van der Waals surface area contributed by atoms with E-state index in [1.165, 1.54) is 6.42 Å². The molecular weight excluding hydrogens is 272 g/mol. The first kappa shape index (κ1) is 16.1. The van der Waals surface area contributed by atoms with E-state index in [-0.39, 0.29) is 24.7 Å². The minimum atomic E-state index is -0.885. The Morgan fingerprint density at radius 2 is 1.95 bits per heavy atom. The lowest BCUT2D eigenvalue weighted by Gasteiger charge is -2.33. The molecule has 2 N–H and O–H groups in total. The van der Waals surface area contributed by atoms with Gasteiger partial charge in [0.25, 0.3) is 0 Å². The highest BCUT2D eigenvalue weighted by atomic mass is 16.5. The van der Waals surface area contributed by atoms with Gasteiger partial charge in [0.05, 0.1) is 19.3 Å². The maximum absolute atomic E-state index is 12.5. The number of hydrogen-bond donors (Lipinski definition) is 2. The second-order valence-corrected chi connectivity index (χ2v) is 6.03. The number of carboxylic acid groups (broad SMARTS) is 1. The summed E-state index contributed by atoms with van der Waals surface area (Å²) >= 11 is 0. The molecule has 2 fully saturated rings. The van der Waals surface area contributed by atoms with Gasteiger partial charge in [0.2, 0.25) is 0 Å². The lowest BCUT2D eigenvalue weighted by Crippen LogP contribution is -2.53. The number of carboxylic acids is 1. The van der Waals surface area contributed by atoms with Gasteiger partial charge in [-0.15, -0.1) is 0 Å². The molecule has 120 valence electrons. The molecule has 0 aromatic rings. The molecule has 1 aliphatic carbocycles. The Morgan fingerprint density at radius 3 is 2.57 bits per heavy atom. The van der Waals surface area contributed by atoms with E-state index in [0.29, 0.717) is 13.2 Å². The normalized spacial score (nSPS) is 26.5. The number of nitrogens with zero attached hydrogens (tertiary/aromatic N) is 1. The van der Waals surface area contributed by atoms with Crippen LogP contribution in [0.25, 0.3) is 0 Å². The number of ether oxygens (including phenoxy) is 1. The van der Waals surface area contributed by atoms with Crippen LogP contribution in [-0.2, 0) is 9.53 Å². The van der Waals surface area contributed by atoms with Crippen molar-refractivity contribution in [3.05, 3.63) is 0 Å². The van der Waals surface area contributed by atoms with Gasteiger partial charge in [-0.2, -0.15) is 0 Å². The second-order valence-electron chi connectivity index (χ2n) is 6.03. The van der Waals surface area contributed by atoms with E-state index < -0.39 is 11.9 Å². The van der Waals surface area contributed by atoms with Crippen LogP contribution in [0.3, 0.4) is 0 Å². The van der Waals surface area contributed by atoms with E-state index in [4.69, 9.17) is 4.74 Å². The lowest BCUT2D eigenvalue weighted by atomic mass is 9.95. The van der Waals surface area contributed by atoms with Crippen molar-refractivity contribution < 1.29 is 19.4 Å². The maximum Gasteiger partial charge on any atom is 0.317 e. The van der Waals surface area contributed by atoms with Crippen LogP contribution in [0.1, 0.15) is 45.4 Å². The molecule has 1 heterocycles. The van der Waals surface area contributed by atoms with E-state index in [1.54, 1.807) is 4.90 Å². The molecular formula is C15H26N2O4. The van der Waals surface area contributed by atoms with Gasteiger partial charge in [-0.1, -0.05) is 26.2 Å². The number of amides is 2. The molecule has 6 nitrogen and oxygen atoms in total. The maximum atomic E-state index is 12.5. The number of hydrogen-bond acceptors (Lipinski definition) is 3. The monoisotopic (exact) mass is 298 g/mol. The molecule has 1 saturated carbocycles. The van der Waals surface area contributed by atoms with Crippen LogP contribution >= 0.6 is 0 Å². The molecule has 0 bridgehead atoms. The van der Waals surface area contributed by atoms with Gasteiger partial charge in [0, 0.05) is 12.6 Å². The summed E-state index contributed by atoms with van der Waals surface area (Å²) in [5.74, 6) is -1.50. The first-order chi connectivity index (χ1) is 10.1. The third-order valence-corrected chi connectivity index (χ3v) is 4.43. The summed E-state index contributed by atoms with van der Waals surface area (Å²) in [6, 6.07) is -0.257. The van der Waals surface area contributed by atoms with Crippen LogP contribution in [0, 0.1) is 5.92 Å². The Bertz CT molecular complexity index is 369. The summed E-state index contributed by atoms with van der Waals surface area (Å²) in [6.45, 7) is 3.06. The second kappa shape index (κ2) is 7.64. The van der Waals surface area contributed by atoms with Crippen molar-refractivity contribution >= 4 is 12.0 Å². The summed E-state index contributed by atoms with van der Waals surface area (Å²) in [7, 11) is 0. The first-order valence-electron chi connectivity index (χ1n) is 8.01. The van der Waals surface area contributed by atoms with E-state index in [2.05, 4.69) is 5.32 Å². The van der Waals surface area contributed by atoms with Crippen LogP contribution in [0.15, 0.2) is 0 Å². The minimum Gasteiger partial charge on any atom is -0.481 e. The highest BCUT2D eigenvalue weighted by Gasteiger charge is 2.40. The molecule has 2 rings (SSSR count). The van der Waals surface area contributed by atoms with E-state index >= 15 is 0 Å². The third kappa shape index (κ3) is 4.09. The minimum absolute atomic E-state index is 0.134. The molecule has 21 heavy (non-hydrogen) atoms. The van der Waals surface area contributed by atoms with Crippen molar-refractivity contribution in [3.63, 3.8) is 0 Å². The fraction of sp³-hybridized carbons (Fsp3) is 0.867. The largest absolute Gasteiger partial charge is 0.481 e.